The van der Waals surface area contributed by atoms with Gasteiger partial charge in [-0.25, -0.2) is 4.98 Å². The molecule has 4 rings (SSSR count). The van der Waals surface area contributed by atoms with Gasteiger partial charge in [0, 0.05) is 22.7 Å². The molecule has 2 aromatic heterocycles. The smallest absolute Gasteiger partial charge is 0.229 e. The minimum Gasteiger partial charge on any atom is -0.361 e. The van der Waals surface area contributed by atoms with Crippen molar-refractivity contribution in [3.63, 3.8) is 0 Å². The van der Waals surface area contributed by atoms with Gasteiger partial charge in [0.1, 0.15) is 0 Å². The van der Waals surface area contributed by atoms with Crippen molar-refractivity contribution in [1.82, 2.24) is 15.0 Å². The Bertz CT molecular complexity index is 1160. The second-order valence-corrected chi connectivity index (χ2v) is 5.91. The predicted octanol–water partition coefficient (Wildman–Crippen LogP) is 3.76. The molecule has 0 saturated carbocycles. The molecule has 5 nitrogen and oxygen atoms in total. The maximum atomic E-state index is 13.0. The lowest BCUT2D eigenvalue weighted by Gasteiger charge is -2.07. The third-order valence-corrected chi connectivity index (χ3v) is 4.29. The molecule has 0 fully saturated rings. The highest BCUT2D eigenvalue weighted by Crippen LogP contribution is 2.27. The number of carbonyl (C=O) groups excluding carboxylic acids is 1. The van der Waals surface area contributed by atoms with Gasteiger partial charge in [-0.15, -0.1) is 0 Å². The fraction of sp³-hybridized carbons (Fsp3) is 0.105. The van der Waals surface area contributed by atoms with E-state index in [9.17, 15) is 4.79 Å². The summed E-state index contributed by atoms with van der Waals surface area (Å²) < 4.78 is 0. The number of aromatic nitrogens is 3. The van der Waals surface area contributed by atoms with Crippen LogP contribution in [0.5, 0.6) is 0 Å². The van der Waals surface area contributed by atoms with Gasteiger partial charge in [-0.3, -0.25) is 4.79 Å². The van der Waals surface area contributed by atoms with Crippen LogP contribution >= 0.6 is 0 Å². The number of H-pyrrole nitrogens is 2. The Labute approximate surface area is 138 Å². The molecule has 0 saturated heterocycles. The molecule has 2 N–H and O–H groups in total. The summed E-state index contributed by atoms with van der Waals surface area (Å²) in [5, 5.41) is 9.89. The van der Waals surface area contributed by atoms with Crippen molar-refractivity contribution in [2.45, 2.75) is 13.8 Å². The van der Waals surface area contributed by atoms with Crippen molar-refractivity contribution in [1.29, 1.82) is 5.26 Å². The predicted molar refractivity (Wildman–Crippen MR) is 92.0 cm³/mol. The van der Waals surface area contributed by atoms with E-state index in [1.165, 1.54) is 0 Å². The first-order valence-electron chi connectivity index (χ1n) is 7.60. The minimum absolute atomic E-state index is 0.146. The lowest BCUT2D eigenvalue weighted by molar-refractivity contribution is 0.103. The van der Waals surface area contributed by atoms with Crippen molar-refractivity contribution >= 4 is 27.7 Å². The normalized spacial score (nSPS) is 11.0. The number of aromatic amines is 2. The van der Waals surface area contributed by atoms with E-state index in [0.717, 1.165) is 22.0 Å². The van der Waals surface area contributed by atoms with Gasteiger partial charge in [-0.2, -0.15) is 5.26 Å². The summed E-state index contributed by atoms with van der Waals surface area (Å²) in [5.41, 5.74) is 5.53. The fourth-order valence-corrected chi connectivity index (χ4v) is 3.19. The monoisotopic (exact) mass is 314 g/mol. The molecule has 0 aliphatic carbocycles. The number of carbonyl (C=O) groups is 1. The van der Waals surface area contributed by atoms with Crippen LogP contribution in [0.2, 0.25) is 0 Å². The zero-order valence-corrected chi connectivity index (χ0v) is 13.3. The molecular formula is C19H14N4O. The van der Waals surface area contributed by atoms with Gasteiger partial charge in [0.05, 0.1) is 22.7 Å². The van der Waals surface area contributed by atoms with Crippen LogP contribution in [-0.2, 0) is 0 Å². The van der Waals surface area contributed by atoms with Crippen LogP contribution in [0.25, 0.3) is 21.9 Å². The third-order valence-electron chi connectivity index (χ3n) is 4.29. The molecule has 0 radical (unpaired) electrons. The van der Waals surface area contributed by atoms with E-state index in [0.29, 0.717) is 22.2 Å². The second kappa shape index (κ2) is 5.07. The van der Waals surface area contributed by atoms with Gasteiger partial charge in [0.15, 0.2) is 5.82 Å². The molecule has 5 heteroatoms. The highest BCUT2D eigenvalue weighted by Gasteiger charge is 2.20. The Morgan fingerprint density at radius 3 is 2.79 bits per heavy atom. The number of imidazole rings is 1. The van der Waals surface area contributed by atoms with Crippen molar-refractivity contribution in [2.75, 3.05) is 0 Å². The molecule has 2 aromatic carbocycles. The van der Waals surface area contributed by atoms with Gasteiger partial charge in [-0.1, -0.05) is 6.07 Å². The molecule has 0 aliphatic rings. The molecule has 24 heavy (non-hydrogen) atoms. The van der Waals surface area contributed by atoms with Crippen LogP contribution in [-0.4, -0.2) is 20.7 Å². The minimum atomic E-state index is -0.146. The van der Waals surface area contributed by atoms with Gasteiger partial charge < -0.3 is 9.97 Å². The Hall–Kier alpha value is -3.39. The van der Waals surface area contributed by atoms with Crippen LogP contribution in [0.15, 0.2) is 36.5 Å². The number of benzene rings is 2. The number of nitrogens with one attached hydrogen (secondary N) is 2. The van der Waals surface area contributed by atoms with Crippen LogP contribution in [0, 0.1) is 25.2 Å². The number of hydrogen-bond acceptors (Lipinski definition) is 3. The van der Waals surface area contributed by atoms with Crippen molar-refractivity contribution in [2.24, 2.45) is 0 Å². The van der Waals surface area contributed by atoms with Crippen LogP contribution in [0.3, 0.4) is 0 Å². The SMILES string of the molecule is Cc1cc(C)c2[nH]ccc2c1C(=O)c1nc2ccc(C#N)cc2[nH]1. The van der Waals surface area contributed by atoms with Gasteiger partial charge in [-0.05, 0) is 49.2 Å². The number of hydrogen-bond donors (Lipinski definition) is 2. The maximum absolute atomic E-state index is 13.0. The van der Waals surface area contributed by atoms with Gasteiger partial charge in [0.25, 0.3) is 0 Å². The molecule has 0 bridgehead atoms. The number of rotatable bonds is 2. The van der Waals surface area contributed by atoms with Crippen molar-refractivity contribution < 1.29 is 4.79 Å². The summed E-state index contributed by atoms with van der Waals surface area (Å²) in [5.74, 6) is 0.140. The van der Waals surface area contributed by atoms with E-state index < -0.39 is 0 Å². The number of ketones is 1. The quantitative estimate of drug-likeness (QED) is 0.552. The first kappa shape index (κ1) is 14.2. The number of fused-ring (bicyclic) bond motifs is 2. The molecule has 0 spiro atoms. The summed E-state index contributed by atoms with van der Waals surface area (Å²) in [6, 6.07) is 11.1. The third kappa shape index (κ3) is 2.01. The summed E-state index contributed by atoms with van der Waals surface area (Å²) in [6.45, 7) is 3.95. The van der Waals surface area contributed by atoms with Gasteiger partial charge >= 0.3 is 0 Å². The first-order chi connectivity index (χ1) is 11.6. The summed E-state index contributed by atoms with van der Waals surface area (Å²) in [7, 11) is 0. The van der Waals surface area contributed by atoms with Gasteiger partial charge in [0.2, 0.25) is 5.78 Å². The average Bonchev–Trinajstić information content (AvgIpc) is 3.20. The molecule has 2 heterocycles. The standard InChI is InChI=1S/C19H14N4O/c1-10-7-11(2)17-13(5-6-21-17)16(10)18(24)19-22-14-4-3-12(9-20)8-15(14)23-19/h3-8,21H,1-2H3,(H,22,23). The van der Waals surface area contributed by atoms with Crippen molar-refractivity contribution in [3.05, 3.63) is 64.6 Å². The molecule has 116 valence electrons. The Balaban J connectivity index is 1.91. The topological polar surface area (TPSA) is 85.3 Å². The van der Waals surface area contributed by atoms with Crippen molar-refractivity contribution in [3.8, 4) is 6.07 Å². The average molecular weight is 314 g/mol. The van der Waals surface area contributed by atoms with E-state index in [-0.39, 0.29) is 11.6 Å². The Kier molecular flexibility index (Phi) is 3.00. The van der Waals surface area contributed by atoms with E-state index in [1.807, 2.05) is 32.2 Å². The lowest BCUT2D eigenvalue weighted by atomic mass is 9.97. The highest BCUT2D eigenvalue weighted by molar-refractivity contribution is 6.16. The maximum Gasteiger partial charge on any atom is 0.229 e. The summed E-state index contributed by atoms with van der Waals surface area (Å²) in [4.78, 5) is 23.7. The molecule has 0 amide bonds. The largest absolute Gasteiger partial charge is 0.361 e. The first-order valence-corrected chi connectivity index (χ1v) is 7.60. The number of nitrogens with zero attached hydrogens (tertiary/aromatic N) is 2. The molecule has 0 aliphatic heterocycles. The lowest BCUT2D eigenvalue weighted by Crippen LogP contribution is -2.07. The van der Waals surface area contributed by atoms with E-state index in [2.05, 4.69) is 21.0 Å². The summed E-state index contributed by atoms with van der Waals surface area (Å²) in [6.07, 6.45) is 1.84. The van der Waals surface area contributed by atoms with E-state index in [1.54, 1.807) is 18.2 Å². The van der Waals surface area contributed by atoms with Crippen LogP contribution < -0.4 is 0 Å². The summed E-state index contributed by atoms with van der Waals surface area (Å²) >= 11 is 0. The fourth-order valence-electron chi connectivity index (χ4n) is 3.19. The number of nitriles is 1. The van der Waals surface area contributed by atoms with E-state index >= 15 is 0 Å². The Morgan fingerprint density at radius 1 is 1.17 bits per heavy atom. The Morgan fingerprint density at radius 2 is 2.00 bits per heavy atom. The van der Waals surface area contributed by atoms with Crippen LogP contribution in [0.1, 0.15) is 32.9 Å². The zero-order valence-electron chi connectivity index (χ0n) is 13.3. The molecule has 0 unspecified atom stereocenters. The van der Waals surface area contributed by atoms with E-state index in [4.69, 9.17) is 5.26 Å². The number of aryl methyl sites for hydroxylation is 2. The highest BCUT2D eigenvalue weighted by atomic mass is 16.1. The molecule has 4 aromatic rings. The van der Waals surface area contributed by atoms with Crippen LogP contribution in [0.4, 0.5) is 0 Å². The molecule has 0 atom stereocenters. The zero-order chi connectivity index (χ0) is 16.8. The molecular weight excluding hydrogens is 300 g/mol. The second-order valence-electron chi connectivity index (χ2n) is 5.91.